The summed E-state index contributed by atoms with van der Waals surface area (Å²) < 4.78 is 45.8. The predicted molar refractivity (Wildman–Crippen MR) is 140 cm³/mol. The van der Waals surface area contributed by atoms with E-state index >= 15 is 0 Å². The van der Waals surface area contributed by atoms with Crippen LogP contribution in [0.2, 0.25) is 0 Å². The Bertz CT molecular complexity index is 1510. The van der Waals surface area contributed by atoms with Gasteiger partial charge in [-0.3, -0.25) is 14.5 Å². The molecule has 190 valence electrons. The molecular weight excluding hydrogens is 495 g/mol. The number of benzene rings is 3. The standard InChI is InChI=1S/C27H25FN4O4S/c1-18-26(32-37(2,34)35)31-25(15-29-18)21-10-13-24(28)23(14-21)27(33)30-22-11-8-20(9-12-22)17-36-16-19-6-4-3-5-7-19/h3-15H,16-17H2,1-2H3,(H,30,33)(H,31,32). The van der Waals surface area contributed by atoms with Crippen LogP contribution in [0.5, 0.6) is 0 Å². The lowest BCUT2D eigenvalue weighted by Gasteiger charge is -2.11. The highest BCUT2D eigenvalue weighted by Crippen LogP contribution is 2.24. The number of anilines is 2. The number of amides is 1. The van der Waals surface area contributed by atoms with Gasteiger partial charge in [-0.05, 0) is 48.4 Å². The number of carbonyl (C=O) groups is 1. The third-order valence-electron chi connectivity index (χ3n) is 5.34. The van der Waals surface area contributed by atoms with Gasteiger partial charge in [-0.2, -0.15) is 0 Å². The molecule has 10 heteroatoms. The van der Waals surface area contributed by atoms with Crippen molar-refractivity contribution in [2.75, 3.05) is 16.3 Å². The van der Waals surface area contributed by atoms with Crippen molar-refractivity contribution < 1.29 is 22.3 Å². The summed E-state index contributed by atoms with van der Waals surface area (Å²) in [5.41, 5.74) is 3.38. The highest BCUT2D eigenvalue weighted by Gasteiger charge is 2.16. The highest BCUT2D eigenvalue weighted by atomic mass is 32.2. The first-order valence-corrected chi connectivity index (χ1v) is 13.2. The number of hydrogen-bond acceptors (Lipinski definition) is 6. The zero-order valence-corrected chi connectivity index (χ0v) is 21.0. The van der Waals surface area contributed by atoms with Gasteiger partial charge in [-0.15, -0.1) is 0 Å². The SMILES string of the molecule is Cc1ncc(-c2ccc(F)c(C(=O)Nc3ccc(COCc4ccccc4)cc3)c2)nc1NS(C)(=O)=O. The summed E-state index contributed by atoms with van der Waals surface area (Å²) in [6.45, 7) is 2.51. The Morgan fingerprint density at radius 1 is 0.973 bits per heavy atom. The van der Waals surface area contributed by atoms with E-state index in [1.807, 2.05) is 42.5 Å². The molecule has 0 aliphatic heterocycles. The number of carbonyl (C=O) groups excluding carboxylic acids is 1. The van der Waals surface area contributed by atoms with Gasteiger partial charge in [0.15, 0.2) is 5.82 Å². The monoisotopic (exact) mass is 520 g/mol. The Hall–Kier alpha value is -4.15. The minimum absolute atomic E-state index is 0.0585. The van der Waals surface area contributed by atoms with Crippen LogP contribution in [0.3, 0.4) is 0 Å². The van der Waals surface area contributed by atoms with E-state index in [2.05, 4.69) is 20.0 Å². The molecule has 3 aromatic carbocycles. The Morgan fingerprint density at radius 2 is 1.65 bits per heavy atom. The molecule has 1 amide bonds. The van der Waals surface area contributed by atoms with Crippen LogP contribution in [-0.4, -0.2) is 30.5 Å². The number of rotatable bonds is 9. The van der Waals surface area contributed by atoms with E-state index in [1.54, 1.807) is 19.1 Å². The molecule has 0 spiro atoms. The van der Waals surface area contributed by atoms with E-state index in [9.17, 15) is 17.6 Å². The molecule has 0 radical (unpaired) electrons. The molecule has 4 rings (SSSR count). The number of sulfonamides is 1. The van der Waals surface area contributed by atoms with Gasteiger partial charge in [0.05, 0.1) is 42.6 Å². The van der Waals surface area contributed by atoms with Crippen molar-refractivity contribution in [2.45, 2.75) is 20.1 Å². The van der Waals surface area contributed by atoms with Gasteiger partial charge in [0, 0.05) is 11.3 Å². The largest absolute Gasteiger partial charge is 0.372 e. The summed E-state index contributed by atoms with van der Waals surface area (Å²) in [5, 5.41) is 2.69. The van der Waals surface area contributed by atoms with Crippen LogP contribution in [-0.2, 0) is 28.0 Å². The van der Waals surface area contributed by atoms with Gasteiger partial charge >= 0.3 is 0 Å². The molecule has 37 heavy (non-hydrogen) atoms. The number of nitrogens with one attached hydrogen (secondary N) is 2. The summed E-state index contributed by atoms with van der Waals surface area (Å²) in [7, 11) is -3.57. The average molecular weight is 521 g/mol. The van der Waals surface area contributed by atoms with E-state index in [4.69, 9.17) is 4.74 Å². The minimum Gasteiger partial charge on any atom is -0.372 e. The summed E-state index contributed by atoms with van der Waals surface area (Å²) in [5.74, 6) is -1.29. The molecule has 4 aromatic rings. The molecule has 0 saturated carbocycles. The van der Waals surface area contributed by atoms with E-state index in [-0.39, 0.29) is 17.1 Å². The second kappa shape index (κ2) is 11.3. The van der Waals surface area contributed by atoms with Crippen molar-refractivity contribution >= 4 is 27.4 Å². The van der Waals surface area contributed by atoms with Crippen LogP contribution >= 0.6 is 0 Å². The van der Waals surface area contributed by atoms with Gasteiger partial charge in [0.2, 0.25) is 10.0 Å². The van der Waals surface area contributed by atoms with Crippen molar-refractivity contribution in [1.82, 2.24) is 9.97 Å². The Balaban J connectivity index is 1.44. The topological polar surface area (TPSA) is 110 Å². The lowest BCUT2D eigenvalue weighted by molar-refractivity contribution is 0.102. The Morgan fingerprint density at radius 3 is 2.32 bits per heavy atom. The second-order valence-electron chi connectivity index (χ2n) is 8.39. The first-order chi connectivity index (χ1) is 17.7. The van der Waals surface area contributed by atoms with Gasteiger partial charge in [0.1, 0.15) is 5.82 Å². The molecule has 0 aliphatic rings. The molecule has 2 N–H and O–H groups in total. The van der Waals surface area contributed by atoms with Gasteiger partial charge < -0.3 is 10.1 Å². The lowest BCUT2D eigenvalue weighted by atomic mass is 10.1. The van der Waals surface area contributed by atoms with E-state index in [0.29, 0.717) is 30.2 Å². The van der Waals surface area contributed by atoms with Crippen LogP contribution in [0.25, 0.3) is 11.3 Å². The first-order valence-electron chi connectivity index (χ1n) is 11.3. The number of nitrogens with zero attached hydrogens (tertiary/aromatic N) is 2. The summed E-state index contributed by atoms with van der Waals surface area (Å²) in [4.78, 5) is 21.3. The van der Waals surface area contributed by atoms with Gasteiger partial charge in [-0.25, -0.2) is 17.8 Å². The number of aryl methyl sites for hydroxylation is 1. The molecule has 0 unspecified atom stereocenters. The minimum atomic E-state index is -3.57. The first kappa shape index (κ1) is 25.9. The number of aromatic nitrogens is 2. The third-order valence-corrected chi connectivity index (χ3v) is 5.90. The maximum absolute atomic E-state index is 14.5. The van der Waals surface area contributed by atoms with Crippen LogP contribution in [0.15, 0.2) is 79.0 Å². The second-order valence-corrected chi connectivity index (χ2v) is 10.1. The Kier molecular flexibility index (Phi) is 7.90. The van der Waals surface area contributed by atoms with Gasteiger partial charge in [-0.1, -0.05) is 42.5 Å². The lowest BCUT2D eigenvalue weighted by Crippen LogP contribution is -2.14. The highest BCUT2D eigenvalue weighted by molar-refractivity contribution is 7.92. The number of halogens is 1. The summed E-state index contributed by atoms with van der Waals surface area (Å²) >= 11 is 0. The third kappa shape index (κ3) is 7.18. The van der Waals surface area contributed by atoms with Crippen molar-refractivity contribution in [3.63, 3.8) is 0 Å². The van der Waals surface area contributed by atoms with Crippen molar-refractivity contribution in [3.8, 4) is 11.3 Å². The normalized spacial score (nSPS) is 11.2. The quantitative estimate of drug-likeness (QED) is 0.324. The van der Waals surface area contributed by atoms with E-state index in [0.717, 1.165) is 23.4 Å². The van der Waals surface area contributed by atoms with E-state index in [1.165, 1.54) is 18.3 Å². The van der Waals surface area contributed by atoms with Crippen LogP contribution in [0.1, 0.15) is 27.2 Å². The Labute approximate surface area is 214 Å². The number of hydrogen-bond donors (Lipinski definition) is 2. The van der Waals surface area contributed by atoms with Crippen LogP contribution in [0.4, 0.5) is 15.9 Å². The average Bonchev–Trinajstić information content (AvgIpc) is 2.86. The summed E-state index contributed by atoms with van der Waals surface area (Å²) in [6, 6.07) is 20.9. The zero-order chi connectivity index (χ0) is 26.4. The fourth-order valence-electron chi connectivity index (χ4n) is 3.46. The van der Waals surface area contributed by atoms with Crippen LogP contribution < -0.4 is 10.0 Å². The maximum Gasteiger partial charge on any atom is 0.258 e. The fraction of sp³-hybridized carbons (Fsp3) is 0.148. The van der Waals surface area contributed by atoms with Crippen molar-refractivity contribution in [3.05, 3.63) is 107 Å². The smallest absolute Gasteiger partial charge is 0.258 e. The number of ether oxygens (including phenoxy) is 1. The van der Waals surface area contributed by atoms with Crippen molar-refractivity contribution in [1.29, 1.82) is 0 Å². The van der Waals surface area contributed by atoms with Gasteiger partial charge in [0.25, 0.3) is 5.91 Å². The zero-order valence-electron chi connectivity index (χ0n) is 20.2. The molecule has 1 aromatic heterocycles. The molecule has 0 atom stereocenters. The molecule has 0 bridgehead atoms. The molecular formula is C27H25FN4O4S. The molecule has 8 nitrogen and oxygen atoms in total. The van der Waals surface area contributed by atoms with Crippen molar-refractivity contribution in [2.24, 2.45) is 0 Å². The molecule has 0 saturated heterocycles. The van der Waals surface area contributed by atoms with E-state index < -0.39 is 21.7 Å². The van der Waals surface area contributed by atoms with Crippen LogP contribution in [0, 0.1) is 12.7 Å². The maximum atomic E-state index is 14.5. The molecule has 0 fully saturated rings. The predicted octanol–water partition coefficient (Wildman–Crippen LogP) is 4.93. The molecule has 1 heterocycles. The molecule has 0 aliphatic carbocycles. The summed E-state index contributed by atoms with van der Waals surface area (Å²) in [6.07, 6.45) is 2.43. The fourth-order valence-corrected chi connectivity index (χ4v) is 4.01.